The first-order valence-corrected chi connectivity index (χ1v) is 7.77. The Morgan fingerprint density at radius 2 is 1.24 bits per heavy atom. The van der Waals surface area contributed by atoms with Gasteiger partial charge in [-0.05, 0) is 18.3 Å². The van der Waals surface area contributed by atoms with E-state index in [0.29, 0.717) is 12.8 Å². The Bertz CT molecular complexity index is 476. The van der Waals surface area contributed by atoms with Crippen LogP contribution < -0.4 is 10.6 Å². The van der Waals surface area contributed by atoms with Gasteiger partial charge < -0.3 is 30.3 Å². The molecule has 10 heteroatoms. The highest BCUT2D eigenvalue weighted by Gasteiger charge is 2.46. The van der Waals surface area contributed by atoms with Gasteiger partial charge in [0.15, 0.2) is 12.1 Å². The molecule has 0 aromatic carbocycles. The Morgan fingerprint density at radius 1 is 0.880 bits per heavy atom. The molecule has 142 valence electrons. The molecule has 1 aliphatic carbocycles. The molecule has 0 unspecified atom stereocenters. The molecule has 1 saturated carbocycles. The molecule has 2 amide bonds. The van der Waals surface area contributed by atoms with Gasteiger partial charge in [0.25, 0.3) is 0 Å². The van der Waals surface area contributed by atoms with Crippen molar-refractivity contribution >= 4 is 23.8 Å². The number of aliphatic hydroxyl groups excluding tert-OH is 2. The number of nitrogens with one attached hydrogen (secondary N) is 2. The van der Waals surface area contributed by atoms with Crippen molar-refractivity contribution < 1.29 is 38.9 Å². The van der Waals surface area contributed by atoms with E-state index in [2.05, 4.69) is 20.1 Å². The zero-order chi connectivity index (χ0) is 19.0. The number of carbonyl (C=O) groups is 4. The Balaban J connectivity index is 2.53. The monoisotopic (exact) mass is 360 g/mol. The number of amides is 2. The summed E-state index contributed by atoms with van der Waals surface area (Å²) in [5.41, 5.74) is -0.555. The number of hydrogen-bond acceptors (Lipinski definition) is 8. The van der Waals surface area contributed by atoms with Gasteiger partial charge >= 0.3 is 11.9 Å². The summed E-state index contributed by atoms with van der Waals surface area (Å²) in [7, 11) is 2.28. The molecule has 10 nitrogen and oxygen atoms in total. The van der Waals surface area contributed by atoms with Crippen LogP contribution in [0.15, 0.2) is 0 Å². The lowest BCUT2D eigenvalue weighted by Gasteiger charge is -2.19. The van der Waals surface area contributed by atoms with Crippen molar-refractivity contribution in [3.63, 3.8) is 0 Å². The van der Waals surface area contributed by atoms with Crippen LogP contribution in [0, 0.1) is 5.41 Å². The molecule has 25 heavy (non-hydrogen) atoms. The summed E-state index contributed by atoms with van der Waals surface area (Å²) in [5, 5.41) is 22.9. The number of rotatable bonds is 10. The number of aliphatic hydroxyl groups is 2. The second kappa shape index (κ2) is 9.33. The quantitative estimate of drug-likeness (QED) is 0.322. The molecule has 0 radical (unpaired) electrons. The largest absolute Gasteiger partial charge is 0.467 e. The van der Waals surface area contributed by atoms with Crippen LogP contribution in [0.25, 0.3) is 0 Å². The maximum Gasteiger partial charge on any atom is 0.330 e. The van der Waals surface area contributed by atoms with E-state index >= 15 is 0 Å². The van der Waals surface area contributed by atoms with E-state index in [9.17, 15) is 19.2 Å². The molecule has 4 N–H and O–H groups in total. The van der Waals surface area contributed by atoms with E-state index in [1.165, 1.54) is 0 Å². The highest BCUT2D eigenvalue weighted by Crippen LogP contribution is 2.51. The molecule has 0 aliphatic heterocycles. The van der Waals surface area contributed by atoms with Gasteiger partial charge in [0.2, 0.25) is 11.8 Å². The van der Waals surface area contributed by atoms with Crippen molar-refractivity contribution in [2.75, 3.05) is 27.4 Å². The SMILES string of the molecule is COC(=O)[C@H](CO)NC(=O)CC1(CC(=O)N[C@@H](CO)C(=O)OC)CC1. The van der Waals surface area contributed by atoms with Gasteiger partial charge in [-0.15, -0.1) is 0 Å². The van der Waals surface area contributed by atoms with Crippen LogP contribution in [0.2, 0.25) is 0 Å². The summed E-state index contributed by atoms with van der Waals surface area (Å²) in [6, 6.07) is -2.31. The fraction of sp³-hybridized carbons (Fsp3) is 0.733. The molecule has 0 heterocycles. The first kappa shape index (κ1) is 20.8. The average Bonchev–Trinajstić information content (AvgIpc) is 3.34. The molecular formula is C15H24N2O8. The topological polar surface area (TPSA) is 151 Å². The van der Waals surface area contributed by atoms with Crippen LogP contribution in [0.4, 0.5) is 0 Å². The number of ether oxygens (including phenoxy) is 2. The average molecular weight is 360 g/mol. The predicted octanol–water partition coefficient (Wildman–Crippen LogP) is -2.15. The van der Waals surface area contributed by atoms with E-state index in [-0.39, 0.29) is 12.8 Å². The van der Waals surface area contributed by atoms with Crippen LogP contribution in [-0.2, 0) is 28.7 Å². The predicted molar refractivity (Wildman–Crippen MR) is 83.0 cm³/mol. The molecule has 0 spiro atoms. The van der Waals surface area contributed by atoms with Crippen molar-refractivity contribution in [3.05, 3.63) is 0 Å². The van der Waals surface area contributed by atoms with Crippen LogP contribution in [0.3, 0.4) is 0 Å². The standard InChI is InChI=1S/C15H24N2O8/c1-24-13(22)9(7-18)16-11(20)5-15(3-4-15)6-12(21)17-10(8-19)14(23)25-2/h9-10,18-19H,3-8H2,1-2H3,(H,16,20)(H,17,21)/t9-,10-/m0/s1. The van der Waals surface area contributed by atoms with E-state index in [4.69, 9.17) is 10.2 Å². The summed E-state index contributed by atoms with van der Waals surface area (Å²) in [4.78, 5) is 46.8. The Morgan fingerprint density at radius 3 is 1.48 bits per heavy atom. The molecule has 0 aromatic rings. The minimum Gasteiger partial charge on any atom is -0.467 e. The maximum absolute atomic E-state index is 12.0. The zero-order valence-corrected chi connectivity index (χ0v) is 14.2. The number of methoxy groups -OCH3 is 2. The van der Waals surface area contributed by atoms with Crippen molar-refractivity contribution in [1.29, 1.82) is 0 Å². The fourth-order valence-electron chi connectivity index (χ4n) is 2.41. The number of carbonyl (C=O) groups excluding carboxylic acids is 4. The normalized spacial score (nSPS) is 17.0. The molecular weight excluding hydrogens is 336 g/mol. The van der Waals surface area contributed by atoms with Crippen LogP contribution in [-0.4, -0.2) is 73.5 Å². The second-order valence-electron chi connectivity index (χ2n) is 6.01. The van der Waals surface area contributed by atoms with Gasteiger partial charge in [0.05, 0.1) is 27.4 Å². The van der Waals surface area contributed by atoms with E-state index in [1.54, 1.807) is 0 Å². The first-order chi connectivity index (χ1) is 11.8. The number of esters is 2. The minimum absolute atomic E-state index is 0.00404. The maximum atomic E-state index is 12.0. The molecule has 1 fully saturated rings. The molecule has 0 aromatic heterocycles. The van der Waals surface area contributed by atoms with Gasteiger partial charge in [0, 0.05) is 12.8 Å². The lowest BCUT2D eigenvalue weighted by atomic mass is 9.96. The Kier molecular flexibility index (Phi) is 7.78. The number of hydrogen-bond donors (Lipinski definition) is 4. The van der Waals surface area contributed by atoms with Gasteiger partial charge in [-0.3, -0.25) is 9.59 Å². The first-order valence-electron chi connectivity index (χ1n) is 7.77. The Hall–Kier alpha value is -2.20. The van der Waals surface area contributed by atoms with Crippen LogP contribution >= 0.6 is 0 Å². The van der Waals surface area contributed by atoms with E-state index < -0.39 is 54.5 Å². The van der Waals surface area contributed by atoms with Crippen molar-refractivity contribution in [2.45, 2.75) is 37.8 Å². The van der Waals surface area contributed by atoms with Crippen molar-refractivity contribution in [2.24, 2.45) is 5.41 Å². The van der Waals surface area contributed by atoms with Gasteiger partial charge in [-0.2, -0.15) is 0 Å². The second-order valence-corrected chi connectivity index (χ2v) is 6.01. The fourth-order valence-corrected chi connectivity index (χ4v) is 2.41. The highest BCUT2D eigenvalue weighted by molar-refractivity contribution is 5.87. The third-order valence-electron chi connectivity index (χ3n) is 4.04. The highest BCUT2D eigenvalue weighted by atomic mass is 16.5. The summed E-state index contributed by atoms with van der Waals surface area (Å²) < 4.78 is 8.92. The summed E-state index contributed by atoms with van der Waals surface area (Å²) >= 11 is 0. The van der Waals surface area contributed by atoms with Gasteiger partial charge in [-0.25, -0.2) is 9.59 Å². The zero-order valence-electron chi connectivity index (χ0n) is 14.2. The Labute approximate surface area is 144 Å². The van der Waals surface area contributed by atoms with E-state index in [0.717, 1.165) is 14.2 Å². The van der Waals surface area contributed by atoms with E-state index in [1.807, 2.05) is 0 Å². The van der Waals surface area contributed by atoms with Crippen LogP contribution in [0.5, 0.6) is 0 Å². The third-order valence-corrected chi connectivity index (χ3v) is 4.04. The summed E-state index contributed by atoms with van der Waals surface area (Å²) in [5.74, 6) is -2.49. The lowest BCUT2D eigenvalue weighted by molar-refractivity contribution is -0.146. The lowest BCUT2D eigenvalue weighted by Crippen LogP contribution is -2.46. The molecule has 2 atom stereocenters. The van der Waals surface area contributed by atoms with Crippen molar-refractivity contribution in [3.8, 4) is 0 Å². The third kappa shape index (κ3) is 6.31. The molecule has 0 bridgehead atoms. The van der Waals surface area contributed by atoms with Crippen molar-refractivity contribution in [1.82, 2.24) is 10.6 Å². The molecule has 0 saturated heterocycles. The van der Waals surface area contributed by atoms with Gasteiger partial charge in [0.1, 0.15) is 0 Å². The van der Waals surface area contributed by atoms with Gasteiger partial charge in [-0.1, -0.05) is 0 Å². The minimum atomic E-state index is -1.15. The summed E-state index contributed by atoms with van der Waals surface area (Å²) in [6.07, 6.45) is 1.27. The molecule has 1 rings (SSSR count). The van der Waals surface area contributed by atoms with Crippen LogP contribution in [0.1, 0.15) is 25.7 Å². The molecule has 1 aliphatic rings. The smallest absolute Gasteiger partial charge is 0.330 e. The summed E-state index contributed by atoms with van der Waals surface area (Å²) in [6.45, 7) is -1.19.